The van der Waals surface area contributed by atoms with Gasteiger partial charge in [0.1, 0.15) is 6.61 Å². The molecule has 0 aliphatic heterocycles. The van der Waals surface area contributed by atoms with Crippen molar-refractivity contribution in [3.8, 4) is 0 Å². The van der Waals surface area contributed by atoms with Crippen LogP contribution in [0, 0.1) is 0 Å². The van der Waals surface area contributed by atoms with E-state index < -0.39 is 0 Å². The van der Waals surface area contributed by atoms with Gasteiger partial charge in [0.2, 0.25) is 0 Å². The topological polar surface area (TPSA) is 26.3 Å². The van der Waals surface area contributed by atoms with Crippen molar-refractivity contribution in [2.75, 3.05) is 6.61 Å². The summed E-state index contributed by atoms with van der Waals surface area (Å²) < 4.78 is 4.73. The average molecular weight is 196 g/mol. The fourth-order valence-corrected chi connectivity index (χ4v) is 0.987. The summed E-state index contributed by atoms with van der Waals surface area (Å²) in [4.78, 5) is 10.4. The molecule has 0 aliphatic carbocycles. The summed E-state index contributed by atoms with van der Waals surface area (Å²) in [6.07, 6.45) is 12.8. The first kappa shape index (κ1) is 12.9. The van der Waals surface area contributed by atoms with E-state index in [0.29, 0.717) is 6.61 Å². The minimum atomic E-state index is -0.235. The zero-order valence-corrected chi connectivity index (χ0v) is 9.16. The van der Waals surface area contributed by atoms with Gasteiger partial charge in [-0.2, -0.15) is 0 Å². The van der Waals surface area contributed by atoms with Crippen LogP contribution in [0.1, 0.15) is 39.5 Å². The molecule has 0 radical (unpaired) electrons. The third-order valence-electron chi connectivity index (χ3n) is 1.74. The van der Waals surface area contributed by atoms with Crippen molar-refractivity contribution < 1.29 is 9.53 Å². The van der Waals surface area contributed by atoms with Gasteiger partial charge in [-0.1, -0.05) is 38.0 Å². The van der Waals surface area contributed by atoms with Crippen LogP contribution in [0.25, 0.3) is 0 Å². The molecule has 0 bridgehead atoms. The maximum atomic E-state index is 10.4. The quantitative estimate of drug-likeness (QED) is 0.355. The first-order chi connectivity index (χ1) is 6.77. The van der Waals surface area contributed by atoms with Crippen molar-refractivity contribution >= 4 is 5.97 Å². The molecule has 0 aromatic carbocycles. The Morgan fingerprint density at radius 3 is 2.57 bits per heavy atom. The van der Waals surface area contributed by atoms with E-state index in [4.69, 9.17) is 4.74 Å². The molecule has 0 fully saturated rings. The van der Waals surface area contributed by atoms with Crippen LogP contribution >= 0.6 is 0 Å². The van der Waals surface area contributed by atoms with E-state index in [0.717, 1.165) is 6.42 Å². The highest BCUT2D eigenvalue weighted by molar-refractivity contribution is 5.65. The Hall–Kier alpha value is -1.05. The van der Waals surface area contributed by atoms with Crippen LogP contribution in [-0.2, 0) is 9.53 Å². The van der Waals surface area contributed by atoms with Crippen molar-refractivity contribution in [2.45, 2.75) is 39.5 Å². The predicted octanol–water partition coefficient (Wildman–Crippen LogP) is 3.24. The van der Waals surface area contributed by atoms with Crippen LogP contribution in [0.3, 0.4) is 0 Å². The van der Waals surface area contributed by atoms with Crippen molar-refractivity contribution in [3.05, 3.63) is 24.3 Å². The van der Waals surface area contributed by atoms with Gasteiger partial charge in [0, 0.05) is 6.92 Å². The molecule has 0 rings (SSSR count). The summed E-state index contributed by atoms with van der Waals surface area (Å²) in [5, 5.41) is 0. The standard InChI is InChI=1S/C12H20O2/c1-3-4-5-6-7-8-9-10-11-14-12(2)13/h7-10H,3-6,11H2,1-2H3. The third kappa shape index (κ3) is 11.0. The molecular formula is C12H20O2. The number of esters is 1. The first-order valence-electron chi connectivity index (χ1n) is 5.22. The number of ether oxygens (including phenoxy) is 1. The first-order valence-corrected chi connectivity index (χ1v) is 5.22. The number of unbranched alkanes of at least 4 members (excludes halogenated alkanes) is 3. The third-order valence-corrected chi connectivity index (χ3v) is 1.74. The number of hydrogen-bond acceptors (Lipinski definition) is 2. The van der Waals surface area contributed by atoms with Gasteiger partial charge in [-0.05, 0) is 18.9 Å². The van der Waals surface area contributed by atoms with Gasteiger partial charge in [0.25, 0.3) is 0 Å². The lowest BCUT2D eigenvalue weighted by molar-refractivity contribution is -0.139. The smallest absolute Gasteiger partial charge is 0.302 e. The summed E-state index contributed by atoms with van der Waals surface area (Å²) in [5.74, 6) is -0.235. The SMILES string of the molecule is CCCCCC=CC=CCOC(C)=O. The van der Waals surface area contributed by atoms with Gasteiger partial charge in [0.05, 0.1) is 0 Å². The Labute approximate surface area is 86.6 Å². The van der Waals surface area contributed by atoms with E-state index in [1.807, 2.05) is 18.2 Å². The number of rotatable bonds is 7. The van der Waals surface area contributed by atoms with Crippen LogP contribution in [0.4, 0.5) is 0 Å². The molecular weight excluding hydrogens is 176 g/mol. The molecule has 14 heavy (non-hydrogen) atoms. The van der Waals surface area contributed by atoms with E-state index in [1.165, 1.54) is 26.2 Å². The van der Waals surface area contributed by atoms with E-state index in [-0.39, 0.29) is 5.97 Å². The molecule has 0 unspecified atom stereocenters. The van der Waals surface area contributed by atoms with Gasteiger partial charge in [-0.15, -0.1) is 0 Å². The minimum absolute atomic E-state index is 0.235. The number of hydrogen-bond donors (Lipinski definition) is 0. The number of carbonyl (C=O) groups is 1. The van der Waals surface area contributed by atoms with Gasteiger partial charge >= 0.3 is 5.97 Å². The second kappa shape index (κ2) is 10.0. The zero-order valence-electron chi connectivity index (χ0n) is 9.16. The number of allylic oxidation sites excluding steroid dienone is 3. The van der Waals surface area contributed by atoms with Crippen LogP contribution < -0.4 is 0 Å². The predicted molar refractivity (Wildman–Crippen MR) is 59.1 cm³/mol. The van der Waals surface area contributed by atoms with Crippen molar-refractivity contribution in [3.63, 3.8) is 0 Å². The molecule has 0 aromatic rings. The van der Waals surface area contributed by atoms with E-state index in [1.54, 1.807) is 0 Å². The lowest BCUT2D eigenvalue weighted by atomic mass is 10.2. The maximum absolute atomic E-state index is 10.4. The van der Waals surface area contributed by atoms with Crippen LogP contribution in [-0.4, -0.2) is 12.6 Å². The second-order valence-corrected chi connectivity index (χ2v) is 3.15. The van der Waals surface area contributed by atoms with Gasteiger partial charge in [-0.25, -0.2) is 0 Å². The Bertz CT molecular complexity index is 192. The van der Waals surface area contributed by atoms with Crippen molar-refractivity contribution in [1.82, 2.24) is 0 Å². The molecule has 2 heteroatoms. The highest BCUT2D eigenvalue weighted by Crippen LogP contribution is 1.99. The molecule has 2 nitrogen and oxygen atoms in total. The Kier molecular flexibility index (Phi) is 9.28. The fraction of sp³-hybridized carbons (Fsp3) is 0.583. The molecule has 0 atom stereocenters. The maximum Gasteiger partial charge on any atom is 0.302 e. The van der Waals surface area contributed by atoms with Gasteiger partial charge < -0.3 is 4.74 Å². The van der Waals surface area contributed by atoms with Crippen LogP contribution in [0.5, 0.6) is 0 Å². The van der Waals surface area contributed by atoms with E-state index in [9.17, 15) is 4.79 Å². The summed E-state index contributed by atoms with van der Waals surface area (Å²) in [5.41, 5.74) is 0. The Balaban J connectivity index is 3.28. The van der Waals surface area contributed by atoms with Crippen LogP contribution in [0.2, 0.25) is 0 Å². The van der Waals surface area contributed by atoms with Gasteiger partial charge in [0.15, 0.2) is 0 Å². The molecule has 0 aromatic heterocycles. The Morgan fingerprint density at radius 1 is 1.21 bits per heavy atom. The second-order valence-electron chi connectivity index (χ2n) is 3.15. The monoisotopic (exact) mass is 196 g/mol. The average Bonchev–Trinajstić information content (AvgIpc) is 2.15. The highest BCUT2D eigenvalue weighted by atomic mass is 16.5. The normalized spacial score (nSPS) is 11.3. The molecule has 0 heterocycles. The zero-order chi connectivity index (χ0) is 10.6. The van der Waals surface area contributed by atoms with Crippen molar-refractivity contribution in [1.29, 1.82) is 0 Å². The lowest BCUT2D eigenvalue weighted by Crippen LogP contribution is -1.96. The molecule has 0 amide bonds. The summed E-state index contributed by atoms with van der Waals surface area (Å²) in [6.45, 7) is 3.98. The molecule has 0 saturated heterocycles. The largest absolute Gasteiger partial charge is 0.462 e. The van der Waals surface area contributed by atoms with E-state index in [2.05, 4.69) is 13.0 Å². The van der Waals surface area contributed by atoms with Crippen molar-refractivity contribution in [2.24, 2.45) is 0 Å². The Morgan fingerprint density at radius 2 is 1.93 bits per heavy atom. The lowest BCUT2D eigenvalue weighted by Gasteiger charge is -1.93. The summed E-state index contributed by atoms with van der Waals surface area (Å²) >= 11 is 0. The highest BCUT2D eigenvalue weighted by Gasteiger charge is 1.85. The fourth-order valence-electron chi connectivity index (χ4n) is 0.987. The van der Waals surface area contributed by atoms with Crippen LogP contribution in [0.15, 0.2) is 24.3 Å². The van der Waals surface area contributed by atoms with E-state index >= 15 is 0 Å². The van der Waals surface area contributed by atoms with Gasteiger partial charge in [-0.3, -0.25) is 4.79 Å². The molecule has 0 N–H and O–H groups in total. The molecule has 80 valence electrons. The molecule has 0 aliphatic rings. The molecule has 0 spiro atoms. The molecule has 0 saturated carbocycles. The number of carbonyl (C=O) groups excluding carboxylic acids is 1. The minimum Gasteiger partial charge on any atom is -0.462 e. The summed E-state index contributed by atoms with van der Waals surface area (Å²) in [7, 11) is 0. The summed E-state index contributed by atoms with van der Waals surface area (Å²) in [6, 6.07) is 0.